The van der Waals surface area contributed by atoms with Crippen molar-refractivity contribution in [2.24, 2.45) is 0 Å². The fraction of sp³-hybridized carbons (Fsp3) is 0.500. The first-order valence-corrected chi connectivity index (χ1v) is 16.0. The molecule has 5 rings (SSSR count). The lowest BCUT2D eigenvalue weighted by Gasteiger charge is -2.40. The van der Waals surface area contributed by atoms with Crippen LogP contribution in [-0.4, -0.2) is 66.5 Å². The molecule has 1 saturated heterocycles. The van der Waals surface area contributed by atoms with Crippen molar-refractivity contribution in [1.29, 1.82) is 0 Å². The minimum absolute atomic E-state index is 0.0190. The highest BCUT2D eigenvalue weighted by atomic mass is 16.2. The average Bonchev–Trinajstić information content (AvgIpc) is 2.95. The SMILES string of the molecule is CCN(c1cc(-c2ccc(C(=O)N3CCC3)cc2)cc(CNCc2c(C)cc(C)[nH]c2=O)c1C)[C@H]1CC[C@H](N(C)C)CC1. The van der Waals surface area contributed by atoms with E-state index in [9.17, 15) is 9.59 Å². The van der Waals surface area contributed by atoms with Gasteiger partial charge in [-0.2, -0.15) is 0 Å². The number of pyridine rings is 1. The fourth-order valence-corrected chi connectivity index (χ4v) is 6.85. The molecule has 0 unspecified atom stereocenters. The first kappa shape index (κ1) is 31.0. The molecule has 43 heavy (non-hydrogen) atoms. The van der Waals surface area contributed by atoms with Crippen LogP contribution in [0.1, 0.15) is 77.3 Å². The Labute approximate surface area is 257 Å². The Balaban J connectivity index is 1.44. The van der Waals surface area contributed by atoms with E-state index in [-0.39, 0.29) is 11.5 Å². The summed E-state index contributed by atoms with van der Waals surface area (Å²) in [6, 6.07) is 16.0. The lowest BCUT2D eigenvalue weighted by Crippen LogP contribution is -2.42. The van der Waals surface area contributed by atoms with E-state index in [1.165, 1.54) is 42.5 Å². The standard InChI is InChI=1S/C36H49N5O2/c1-7-41(32-15-13-31(14-16-32)39(5)6)34-21-29(27-9-11-28(12-10-27)36(43)40-17-8-18-40)20-30(26(34)4)22-37-23-33-24(2)19-25(3)38-35(33)42/h9-12,19-21,31-32,37H,7-8,13-18,22-23H2,1-6H3,(H,38,42)/t31-,32-. The molecule has 0 bridgehead atoms. The predicted octanol–water partition coefficient (Wildman–Crippen LogP) is 5.80. The van der Waals surface area contributed by atoms with Gasteiger partial charge in [0.1, 0.15) is 0 Å². The molecule has 3 aromatic rings. The van der Waals surface area contributed by atoms with Crippen LogP contribution in [0.2, 0.25) is 0 Å². The molecule has 2 aromatic carbocycles. The number of hydrogen-bond acceptors (Lipinski definition) is 5. The summed E-state index contributed by atoms with van der Waals surface area (Å²) < 4.78 is 0. The van der Waals surface area contributed by atoms with Gasteiger partial charge >= 0.3 is 0 Å². The topological polar surface area (TPSA) is 71.7 Å². The highest BCUT2D eigenvalue weighted by Crippen LogP contribution is 2.36. The summed E-state index contributed by atoms with van der Waals surface area (Å²) in [7, 11) is 4.40. The molecular formula is C36H49N5O2. The van der Waals surface area contributed by atoms with Crippen molar-refractivity contribution in [1.82, 2.24) is 20.1 Å². The molecule has 2 heterocycles. The number of anilines is 1. The highest BCUT2D eigenvalue weighted by Gasteiger charge is 2.28. The zero-order valence-corrected chi connectivity index (χ0v) is 26.9. The van der Waals surface area contributed by atoms with Gasteiger partial charge in [0.15, 0.2) is 0 Å². The first-order chi connectivity index (χ1) is 20.7. The van der Waals surface area contributed by atoms with Gasteiger partial charge in [-0.25, -0.2) is 0 Å². The number of amides is 1. The number of aromatic amines is 1. The molecule has 2 fully saturated rings. The number of nitrogens with zero attached hydrogens (tertiary/aromatic N) is 3. The predicted molar refractivity (Wildman–Crippen MR) is 177 cm³/mol. The maximum Gasteiger partial charge on any atom is 0.253 e. The molecule has 1 aliphatic carbocycles. The summed E-state index contributed by atoms with van der Waals surface area (Å²) in [5, 5.41) is 3.58. The van der Waals surface area contributed by atoms with E-state index in [1.54, 1.807) is 0 Å². The second-order valence-electron chi connectivity index (χ2n) is 12.8. The second-order valence-corrected chi connectivity index (χ2v) is 12.8. The van der Waals surface area contributed by atoms with Crippen LogP contribution in [0.15, 0.2) is 47.3 Å². The van der Waals surface area contributed by atoms with Crippen LogP contribution in [0.5, 0.6) is 0 Å². The molecule has 0 atom stereocenters. The Morgan fingerprint density at radius 2 is 1.60 bits per heavy atom. The molecule has 7 heteroatoms. The van der Waals surface area contributed by atoms with Gasteiger partial charge in [0.05, 0.1) is 0 Å². The Bertz CT molecular complexity index is 1480. The van der Waals surface area contributed by atoms with Gasteiger partial charge in [0.25, 0.3) is 11.5 Å². The number of H-pyrrole nitrogens is 1. The Kier molecular flexibility index (Phi) is 9.72. The second kappa shape index (κ2) is 13.5. The number of rotatable bonds is 10. The minimum atomic E-state index is -0.0190. The maximum atomic E-state index is 12.8. The van der Waals surface area contributed by atoms with Gasteiger partial charge in [-0.15, -0.1) is 0 Å². The summed E-state index contributed by atoms with van der Waals surface area (Å²) in [6.45, 7) is 12.3. The van der Waals surface area contributed by atoms with E-state index < -0.39 is 0 Å². The van der Waals surface area contributed by atoms with Crippen LogP contribution in [0.3, 0.4) is 0 Å². The van der Waals surface area contributed by atoms with E-state index in [0.29, 0.717) is 25.2 Å². The summed E-state index contributed by atoms with van der Waals surface area (Å²) in [4.78, 5) is 35.3. The summed E-state index contributed by atoms with van der Waals surface area (Å²) >= 11 is 0. The number of carbonyl (C=O) groups is 1. The third kappa shape index (κ3) is 6.89. The van der Waals surface area contributed by atoms with E-state index in [0.717, 1.165) is 59.6 Å². The normalized spacial score (nSPS) is 18.5. The van der Waals surface area contributed by atoms with E-state index in [1.807, 2.05) is 36.9 Å². The van der Waals surface area contributed by atoms with Crippen LogP contribution >= 0.6 is 0 Å². The molecule has 1 aliphatic heterocycles. The lowest BCUT2D eigenvalue weighted by molar-refractivity contribution is 0.0652. The van der Waals surface area contributed by atoms with Crippen LogP contribution in [0, 0.1) is 20.8 Å². The van der Waals surface area contributed by atoms with Crippen LogP contribution in [-0.2, 0) is 13.1 Å². The van der Waals surface area contributed by atoms with Crippen LogP contribution < -0.4 is 15.8 Å². The third-order valence-electron chi connectivity index (χ3n) is 9.69. The molecular weight excluding hydrogens is 534 g/mol. The van der Waals surface area contributed by atoms with Crippen molar-refractivity contribution in [3.8, 4) is 11.1 Å². The minimum Gasteiger partial charge on any atom is -0.369 e. The van der Waals surface area contributed by atoms with Gasteiger partial charge in [0.2, 0.25) is 0 Å². The van der Waals surface area contributed by atoms with E-state index in [2.05, 4.69) is 72.3 Å². The Morgan fingerprint density at radius 1 is 0.930 bits per heavy atom. The van der Waals surface area contributed by atoms with Crippen molar-refractivity contribution < 1.29 is 4.79 Å². The molecule has 230 valence electrons. The van der Waals surface area contributed by atoms with Crippen molar-refractivity contribution >= 4 is 11.6 Å². The Morgan fingerprint density at radius 3 is 2.19 bits per heavy atom. The molecule has 1 saturated carbocycles. The monoisotopic (exact) mass is 583 g/mol. The quantitative estimate of drug-likeness (QED) is 0.316. The van der Waals surface area contributed by atoms with Gasteiger partial charge in [-0.1, -0.05) is 12.1 Å². The number of nitrogens with one attached hydrogen (secondary N) is 2. The molecule has 0 spiro atoms. The largest absolute Gasteiger partial charge is 0.369 e. The number of aryl methyl sites for hydroxylation is 2. The number of benzene rings is 2. The highest BCUT2D eigenvalue weighted by molar-refractivity contribution is 5.95. The molecule has 1 aromatic heterocycles. The summed E-state index contributed by atoms with van der Waals surface area (Å²) in [5.41, 5.74) is 9.49. The fourth-order valence-electron chi connectivity index (χ4n) is 6.85. The number of carbonyl (C=O) groups excluding carboxylic acids is 1. The maximum absolute atomic E-state index is 12.8. The number of likely N-dealkylation sites (tertiary alicyclic amines) is 1. The van der Waals surface area contributed by atoms with Crippen LogP contribution in [0.4, 0.5) is 5.69 Å². The Hall–Kier alpha value is -3.42. The van der Waals surface area contributed by atoms with Gasteiger partial charge < -0.3 is 25.0 Å². The number of hydrogen-bond donors (Lipinski definition) is 2. The molecule has 0 radical (unpaired) electrons. The smallest absolute Gasteiger partial charge is 0.253 e. The van der Waals surface area contributed by atoms with E-state index in [4.69, 9.17) is 0 Å². The van der Waals surface area contributed by atoms with Crippen molar-refractivity contribution in [3.63, 3.8) is 0 Å². The summed E-state index contributed by atoms with van der Waals surface area (Å²) in [5.74, 6) is 0.124. The lowest BCUT2D eigenvalue weighted by atomic mass is 9.88. The third-order valence-corrected chi connectivity index (χ3v) is 9.69. The first-order valence-electron chi connectivity index (χ1n) is 16.0. The average molecular weight is 584 g/mol. The molecule has 1 amide bonds. The van der Waals surface area contributed by atoms with Gasteiger partial charge in [-0.3, -0.25) is 9.59 Å². The van der Waals surface area contributed by atoms with E-state index >= 15 is 0 Å². The zero-order valence-electron chi connectivity index (χ0n) is 26.9. The summed E-state index contributed by atoms with van der Waals surface area (Å²) in [6.07, 6.45) is 5.92. The van der Waals surface area contributed by atoms with Crippen molar-refractivity contribution in [2.75, 3.05) is 38.6 Å². The van der Waals surface area contributed by atoms with Gasteiger partial charge in [0, 0.05) is 67.3 Å². The molecule has 2 aliphatic rings. The van der Waals surface area contributed by atoms with Crippen LogP contribution in [0.25, 0.3) is 11.1 Å². The number of aromatic nitrogens is 1. The van der Waals surface area contributed by atoms with Crippen molar-refractivity contribution in [3.05, 3.63) is 86.3 Å². The zero-order chi connectivity index (χ0) is 30.7. The molecule has 7 nitrogen and oxygen atoms in total. The van der Waals surface area contributed by atoms with Crippen molar-refractivity contribution in [2.45, 2.75) is 85.0 Å². The molecule has 2 N–H and O–H groups in total. The van der Waals surface area contributed by atoms with Gasteiger partial charge in [-0.05, 0) is 132 Å².